The van der Waals surface area contributed by atoms with Crippen LogP contribution < -0.4 is 0 Å². The zero-order valence-electron chi connectivity index (χ0n) is 6.89. The minimum atomic E-state index is -4.48. The minimum absolute atomic E-state index is 0.386. The molecule has 0 saturated heterocycles. The average molecular weight is 196 g/mol. The van der Waals surface area contributed by atoms with Crippen molar-refractivity contribution in [2.75, 3.05) is 0 Å². The van der Waals surface area contributed by atoms with Gasteiger partial charge in [0.1, 0.15) is 0 Å². The van der Waals surface area contributed by atoms with Gasteiger partial charge in [-0.15, -0.1) is 0 Å². The van der Waals surface area contributed by atoms with E-state index in [-0.39, 0.29) is 0 Å². The summed E-state index contributed by atoms with van der Waals surface area (Å²) in [6, 6.07) is 0. The van der Waals surface area contributed by atoms with Crippen LogP contribution in [0.5, 0.6) is 0 Å². The maximum Gasteiger partial charge on any atom is 0.324 e. The van der Waals surface area contributed by atoms with Crippen LogP contribution in [0.2, 0.25) is 0 Å². The van der Waals surface area contributed by atoms with Gasteiger partial charge in [0, 0.05) is 0 Å². The summed E-state index contributed by atoms with van der Waals surface area (Å²) < 4.78 is 29.6. The molecule has 0 aliphatic carbocycles. The van der Waals surface area contributed by atoms with Crippen LogP contribution in [0.3, 0.4) is 0 Å². The van der Waals surface area contributed by atoms with Crippen LogP contribution in [0.4, 0.5) is 0 Å². The monoisotopic (exact) mass is 196 g/mol. The molecule has 0 aromatic heterocycles. The molecule has 0 aliphatic rings. The Morgan fingerprint density at radius 2 is 1.92 bits per heavy atom. The summed E-state index contributed by atoms with van der Waals surface area (Å²) in [7, 11) is -4.48. The van der Waals surface area contributed by atoms with Crippen molar-refractivity contribution < 1.29 is 22.9 Å². The lowest BCUT2D eigenvalue weighted by Gasteiger charge is -2.14. The quantitative estimate of drug-likeness (QED) is 0.634. The average Bonchev–Trinajstić information content (AvgIpc) is 1.83. The van der Waals surface area contributed by atoms with Crippen molar-refractivity contribution in [2.24, 2.45) is 5.92 Å². The highest BCUT2D eigenvalue weighted by Crippen LogP contribution is 2.15. The van der Waals surface area contributed by atoms with Crippen molar-refractivity contribution in [1.82, 2.24) is 0 Å². The molecule has 6 heteroatoms. The van der Waals surface area contributed by atoms with Gasteiger partial charge in [-0.05, 0) is 5.92 Å². The fraction of sp³-hybridized carbons (Fsp3) is 0.833. The second-order valence-electron chi connectivity index (χ2n) is 2.66. The van der Waals surface area contributed by atoms with Gasteiger partial charge in [0.2, 0.25) is 0 Å². The Balaban J connectivity index is 4.81. The zero-order chi connectivity index (χ0) is 9.94. The van der Waals surface area contributed by atoms with Crippen LogP contribution in [-0.2, 0) is 14.9 Å². The molecule has 0 rings (SSSR count). The molecule has 0 amide bonds. The van der Waals surface area contributed by atoms with Crippen LogP contribution in [0, 0.1) is 5.92 Å². The molecule has 0 aromatic carbocycles. The van der Waals surface area contributed by atoms with Crippen molar-refractivity contribution in [2.45, 2.75) is 25.5 Å². The Labute approximate surface area is 71.1 Å². The molecule has 72 valence electrons. The number of carbonyl (C=O) groups is 1. The lowest BCUT2D eigenvalue weighted by Crippen LogP contribution is -2.35. The lowest BCUT2D eigenvalue weighted by molar-refractivity contribution is -0.137. The molecule has 0 unspecified atom stereocenters. The zero-order valence-corrected chi connectivity index (χ0v) is 7.71. The van der Waals surface area contributed by atoms with Gasteiger partial charge in [-0.25, -0.2) is 0 Å². The molecule has 0 spiro atoms. The van der Waals surface area contributed by atoms with Crippen LogP contribution in [0.1, 0.15) is 20.3 Å². The van der Waals surface area contributed by atoms with Crippen molar-refractivity contribution in [3.05, 3.63) is 0 Å². The van der Waals surface area contributed by atoms with E-state index in [0.717, 1.165) is 0 Å². The van der Waals surface area contributed by atoms with Crippen LogP contribution >= 0.6 is 0 Å². The molecule has 0 aromatic rings. The summed E-state index contributed by atoms with van der Waals surface area (Å²) in [6.45, 7) is 3.12. The predicted molar refractivity (Wildman–Crippen MR) is 42.4 cm³/mol. The summed E-state index contributed by atoms with van der Waals surface area (Å²) in [5.41, 5.74) is 0. The first-order valence-electron chi connectivity index (χ1n) is 3.49. The molecule has 0 radical (unpaired) electrons. The van der Waals surface area contributed by atoms with Gasteiger partial charge in [-0.2, -0.15) is 8.42 Å². The molecule has 12 heavy (non-hydrogen) atoms. The maximum absolute atomic E-state index is 10.5. The Morgan fingerprint density at radius 1 is 1.50 bits per heavy atom. The van der Waals surface area contributed by atoms with Crippen LogP contribution in [0.15, 0.2) is 0 Å². The number of rotatable bonds is 4. The summed E-state index contributed by atoms with van der Waals surface area (Å²) in [5, 5.41) is 6.77. The third kappa shape index (κ3) is 2.78. The second kappa shape index (κ2) is 3.86. The Hall–Kier alpha value is -0.620. The van der Waals surface area contributed by atoms with E-state index in [0.29, 0.717) is 6.42 Å². The number of aliphatic carboxylic acids is 1. The summed E-state index contributed by atoms with van der Waals surface area (Å²) in [5.74, 6) is -2.09. The minimum Gasteiger partial charge on any atom is -0.480 e. The van der Waals surface area contributed by atoms with Gasteiger partial charge in [-0.1, -0.05) is 20.3 Å². The first kappa shape index (κ1) is 11.4. The third-order valence-corrected chi connectivity index (χ3v) is 3.03. The van der Waals surface area contributed by atoms with E-state index in [1.54, 1.807) is 6.92 Å². The Kier molecular flexibility index (Phi) is 3.66. The molecule has 2 atom stereocenters. The molecule has 0 saturated carbocycles. The Bertz CT molecular complexity index is 255. The van der Waals surface area contributed by atoms with E-state index in [9.17, 15) is 13.2 Å². The molecule has 5 nitrogen and oxygen atoms in total. The smallest absolute Gasteiger partial charge is 0.324 e. The molecule has 0 fully saturated rings. The normalized spacial score (nSPS) is 16.9. The second-order valence-corrected chi connectivity index (χ2v) is 4.20. The SMILES string of the molecule is CC[C@H](C)[C@@H](C(=O)O)S(=O)(=O)O. The van der Waals surface area contributed by atoms with Crippen LogP contribution in [-0.4, -0.2) is 29.3 Å². The standard InChI is InChI=1S/C6H12O5S/c1-3-4(2)5(6(7)8)12(9,10)11/h4-5H,3H2,1-2H3,(H,7,8)(H,9,10,11)/t4-,5-/m0/s1. The summed E-state index contributed by atoms with van der Waals surface area (Å²) in [6.07, 6.45) is 0.386. The van der Waals surface area contributed by atoms with E-state index in [1.165, 1.54) is 6.92 Å². The summed E-state index contributed by atoms with van der Waals surface area (Å²) >= 11 is 0. The lowest BCUT2D eigenvalue weighted by atomic mass is 10.1. The number of hydrogen-bond acceptors (Lipinski definition) is 3. The summed E-state index contributed by atoms with van der Waals surface area (Å²) in [4.78, 5) is 10.4. The van der Waals surface area contributed by atoms with Crippen molar-refractivity contribution >= 4 is 16.1 Å². The molecule has 2 N–H and O–H groups in total. The third-order valence-electron chi connectivity index (χ3n) is 1.73. The van der Waals surface area contributed by atoms with Crippen molar-refractivity contribution in [3.63, 3.8) is 0 Å². The molecule has 0 aliphatic heterocycles. The van der Waals surface area contributed by atoms with E-state index >= 15 is 0 Å². The predicted octanol–water partition coefficient (Wildman–Crippen LogP) is 0.374. The van der Waals surface area contributed by atoms with E-state index < -0.39 is 27.3 Å². The van der Waals surface area contributed by atoms with Gasteiger partial charge in [0.25, 0.3) is 10.1 Å². The number of carboxylic acids is 1. The fourth-order valence-electron chi connectivity index (χ4n) is 0.878. The molecular formula is C6H12O5S. The first-order chi connectivity index (χ1) is 5.30. The highest BCUT2D eigenvalue weighted by Gasteiger charge is 2.35. The molecule has 0 heterocycles. The maximum atomic E-state index is 10.5. The van der Waals surface area contributed by atoms with Gasteiger partial charge in [0.05, 0.1) is 0 Å². The highest BCUT2D eigenvalue weighted by molar-refractivity contribution is 7.87. The van der Waals surface area contributed by atoms with Gasteiger partial charge >= 0.3 is 5.97 Å². The number of carboxylic acid groups (broad SMARTS) is 1. The number of hydrogen-bond donors (Lipinski definition) is 2. The largest absolute Gasteiger partial charge is 0.480 e. The van der Waals surface area contributed by atoms with Gasteiger partial charge < -0.3 is 5.11 Å². The molecule has 0 bridgehead atoms. The topological polar surface area (TPSA) is 91.7 Å². The van der Waals surface area contributed by atoms with E-state index in [2.05, 4.69) is 0 Å². The first-order valence-corrected chi connectivity index (χ1v) is 5.00. The van der Waals surface area contributed by atoms with E-state index in [1.807, 2.05) is 0 Å². The Morgan fingerprint density at radius 3 is 2.00 bits per heavy atom. The molecular weight excluding hydrogens is 184 g/mol. The van der Waals surface area contributed by atoms with Crippen molar-refractivity contribution in [3.8, 4) is 0 Å². The fourth-order valence-corrected chi connectivity index (χ4v) is 1.91. The van der Waals surface area contributed by atoms with Gasteiger partial charge in [0.15, 0.2) is 5.25 Å². The van der Waals surface area contributed by atoms with Gasteiger partial charge in [-0.3, -0.25) is 9.35 Å². The van der Waals surface area contributed by atoms with Crippen molar-refractivity contribution in [1.29, 1.82) is 0 Å². The van der Waals surface area contributed by atoms with E-state index in [4.69, 9.17) is 9.66 Å². The highest BCUT2D eigenvalue weighted by atomic mass is 32.2. The van der Waals surface area contributed by atoms with Crippen LogP contribution in [0.25, 0.3) is 0 Å².